The smallest absolute Gasteiger partial charge is 0.186 e. The zero-order valence-corrected chi connectivity index (χ0v) is 9.24. The number of ketones is 1. The standard InChI is InChI=1S/C11H10F2N2O2/c1-6(16)11(7(2)17)15-14-9-5-3-4-8(12)10(9)13/h3-5,16H,1-2H3. The zero-order valence-electron chi connectivity index (χ0n) is 9.24. The molecule has 0 heterocycles. The molecule has 0 aromatic heterocycles. The molecule has 1 aromatic carbocycles. The van der Waals surface area contributed by atoms with Crippen molar-refractivity contribution in [2.24, 2.45) is 10.2 Å². The Balaban J connectivity index is 3.10. The normalized spacial score (nSPS) is 12.7. The largest absolute Gasteiger partial charge is 0.510 e. The molecule has 0 atom stereocenters. The Bertz CT molecular complexity index is 506. The van der Waals surface area contributed by atoms with Crippen LogP contribution in [0.15, 0.2) is 39.9 Å². The van der Waals surface area contributed by atoms with Gasteiger partial charge in [-0.2, -0.15) is 0 Å². The molecule has 1 rings (SSSR count). The Morgan fingerprint density at radius 2 is 1.94 bits per heavy atom. The number of allylic oxidation sites excluding steroid dienone is 2. The highest BCUT2D eigenvalue weighted by Gasteiger charge is 2.09. The SMILES string of the molecule is CC(=O)C(N=Nc1cccc(F)c1F)=C(C)O. The van der Waals surface area contributed by atoms with E-state index in [2.05, 4.69) is 10.2 Å². The molecule has 4 nitrogen and oxygen atoms in total. The Kier molecular flexibility index (Phi) is 4.03. The van der Waals surface area contributed by atoms with Gasteiger partial charge < -0.3 is 5.11 Å². The van der Waals surface area contributed by atoms with Crippen LogP contribution in [-0.4, -0.2) is 10.9 Å². The Labute approximate surface area is 96.3 Å². The lowest BCUT2D eigenvalue weighted by Crippen LogP contribution is -1.96. The van der Waals surface area contributed by atoms with Gasteiger partial charge in [0.25, 0.3) is 0 Å². The highest BCUT2D eigenvalue weighted by atomic mass is 19.2. The van der Waals surface area contributed by atoms with Crippen LogP contribution in [0, 0.1) is 11.6 Å². The van der Waals surface area contributed by atoms with Gasteiger partial charge >= 0.3 is 0 Å². The van der Waals surface area contributed by atoms with Crippen LogP contribution in [0.5, 0.6) is 0 Å². The highest BCUT2D eigenvalue weighted by Crippen LogP contribution is 2.21. The van der Waals surface area contributed by atoms with Crippen LogP contribution in [0.4, 0.5) is 14.5 Å². The maximum absolute atomic E-state index is 13.2. The number of benzene rings is 1. The van der Waals surface area contributed by atoms with Crippen molar-refractivity contribution in [2.75, 3.05) is 0 Å². The number of rotatable bonds is 3. The number of nitrogens with zero attached hydrogens (tertiary/aromatic N) is 2. The van der Waals surface area contributed by atoms with Crippen molar-refractivity contribution in [1.29, 1.82) is 0 Å². The average Bonchev–Trinajstić information content (AvgIpc) is 2.23. The van der Waals surface area contributed by atoms with Gasteiger partial charge in [0, 0.05) is 6.92 Å². The quantitative estimate of drug-likeness (QED) is 0.499. The van der Waals surface area contributed by atoms with Crippen LogP contribution >= 0.6 is 0 Å². The Morgan fingerprint density at radius 3 is 2.47 bits per heavy atom. The number of carbonyl (C=O) groups is 1. The van der Waals surface area contributed by atoms with Gasteiger partial charge in [-0.05, 0) is 19.1 Å². The molecule has 6 heteroatoms. The van der Waals surface area contributed by atoms with Crippen molar-refractivity contribution < 1.29 is 18.7 Å². The predicted molar refractivity (Wildman–Crippen MR) is 56.9 cm³/mol. The number of azo groups is 1. The minimum atomic E-state index is -1.16. The summed E-state index contributed by atoms with van der Waals surface area (Å²) >= 11 is 0. The summed E-state index contributed by atoms with van der Waals surface area (Å²) in [6.45, 7) is 2.42. The van der Waals surface area contributed by atoms with Crippen LogP contribution in [0.1, 0.15) is 13.8 Å². The lowest BCUT2D eigenvalue weighted by Gasteiger charge is -1.98. The summed E-state index contributed by atoms with van der Waals surface area (Å²) in [5, 5.41) is 15.9. The van der Waals surface area contributed by atoms with E-state index in [1.165, 1.54) is 26.0 Å². The molecule has 0 aliphatic heterocycles. The number of halogens is 2. The molecule has 17 heavy (non-hydrogen) atoms. The second-order valence-corrected chi connectivity index (χ2v) is 3.26. The topological polar surface area (TPSA) is 62.0 Å². The van der Waals surface area contributed by atoms with Crippen molar-refractivity contribution in [3.8, 4) is 0 Å². The van der Waals surface area contributed by atoms with Crippen LogP contribution < -0.4 is 0 Å². The van der Waals surface area contributed by atoms with E-state index in [9.17, 15) is 13.6 Å². The second kappa shape index (κ2) is 5.29. The van der Waals surface area contributed by atoms with Crippen molar-refractivity contribution in [3.63, 3.8) is 0 Å². The van der Waals surface area contributed by atoms with E-state index in [1.54, 1.807) is 0 Å². The summed E-state index contributed by atoms with van der Waals surface area (Å²) < 4.78 is 26.0. The van der Waals surface area contributed by atoms with Crippen LogP contribution in [0.25, 0.3) is 0 Å². The monoisotopic (exact) mass is 240 g/mol. The van der Waals surface area contributed by atoms with Gasteiger partial charge in [0.15, 0.2) is 23.1 Å². The molecule has 0 bridgehead atoms. The second-order valence-electron chi connectivity index (χ2n) is 3.26. The van der Waals surface area contributed by atoms with E-state index in [0.717, 1.165) is 6.07 Å². The van der Waals surface area contributed by atoms with Gasteiger partial charge in [0.1, 0.15) is 11.4 Å². The Morgan fingerprint density at radius 1 is 1.29 bits per heavy atom. The molecule has 0 fully saturated rings. The van der Waals surface area contributed by atoms with E-state index in [1.807, 2.05) is 0 Å². The van der Waals surface area contributed by atoms with Gasteiger partial charge in [0.05, 0.1) is 0 Å². The first-order chi connectivity index (χ1) is 7.93. The summed E-state index contributed by atoms with van der Waals surface area (Å²) in [6.07, 6.45) is 0. The molecule has 1 N–H and O–H groups in total. The third kappa shape index (κ3) is 3.17. The molecule has 0 saturated heterocycles. The zero-order chi connectivity index (χ0) is 13.0. The third-order valence-electron chi connectivity index (χ3n) is 1.87. The highest BCUT2D eigenvalue weighted by molar-refractivity contribution is 5.93. The van der Waals surface area contributed by atoms with E-state index < -0.39 is 17.4 Å². The lowest BCUT2D eigenvalue weighted by molar-refractivity contribution is -0.113. The molecule has 0 amide bonds. The number of Topliss-reactive ketones (excluding diaryl/α,β-unsaturated/α-hetero) is 1. The summed E-state index contributed by atoms with van der Waals surface area (Å²) in [5.74, 6) is -3.08. The van der Waals surface area contributed by atoms with E-state index in [0.29, 0.717) is 0 Å². The summed E-state index contributed by atoms with van der Waals surface area (Å²) in [7, 11) is 0. The minimum absolute atomic E-state index is 0.298. The predicted octanol–water partition coefficient (Wildman–Crippen LogP) is 3.43. The van der Waals surface area contributed by atoms with Gasteiger partial charge in [-0.1, -0.05) is 6.07 Å². The van der Waals surface area contributed by atoms with Crippen LogP contribution in [-0.2, 0) is 4.79 Å². The maximum Gasteiger partial charge on any atom is 0.186 e. The van der Waals surface area contributed by atoms with Gasteiger partial charge in [-0.3, -0.25) is 4.79 Å². The molecular formula is C11H10F2N2O2. The summed E-state index contributed by atoms with van der Waals surface area (Å²) in [5.41, 5.74) is -0.640. The fraction of sp³-hybridized carbons (Fsp3) is 0.182. The van der Waals surface area contributed by atoms with Crippen LogP contribution in [0.3, 0.4) is 0 Å². The molecule has 0 aliphatic rings. The fourth-order valence-electron chi connectivity index (χ4n) is 1.07. The van der Waals surface area contributed by atoms with E-state index >= 15 is 0 Å². The molecule has 0 aliphatic carbocycles. The maximum atomic E-state index is 13.2. The molecule has 0 saturated carbocycles. The van der Waals surface area contributed by atoms with Crippen molar-refractivity contribution in [3.05, 3.63) is 41.3 Å². The molecular weight excluding hydrogens is 230 g/mol. The Hall–Kier alpha value is -2.11. The van der Waals surface area contributed by atoms with Crippen LogP contribution in [0.2, 0.25) is 0 Å². The molecule has 0 unspecified atom stereocenters. The number of hydrogen-bond acceptors (Lipinski definition) is 4. The van der Waals surface area contributed by atoms with E-state index in [4.69, 9.17) is 5.11 Å². The summed E-state index contributed by atoms with van der Waals surface area (Å²) in [4.78, 5) is 11.0. The van der Waals surface area contributed by atoms with Gasteiger partial charge in [-0.25, -0.2) is 8.78 Å². The fourth-order valence-corrected chi connectivity index (χ4v) is 1.07. The van der Waals surface area contributed by atoms with Crippen molar-refractivity contribution in [1.82, 2.24) is 0 Å². The number of hydrogen-bond donors (Lipinski definition) is 1. The molecule has 90 valence electrons. The average molecular weight is 240 g/mol. The summed E-state index contributed by atoms with van der Waals surface area (Å²) in [6, 6.07) is 3.40. The third-order valence-corrected chi connectivity index (χ3v) is 1.87. The van der Waals surface area contributed by atoms with Gasteiger partial charge in [0.2, 0.25) is 0 Å². The first-order valence-electron chi connectivity index (χ1n) is 4.70. The van der Waals surface area contributed by atoms with Gasteiger partial charge in [-0.15, -0.1) is 10.2 Å². The number of aliphatic hydroxyl groups excluding tert-OH is 1. The number of aliphatic hydroxyl groups is 1. The minimum Gasteiger partial charge on any atom is -0.510 e. The molecule has 0 spiro atoms. The first kappa shape index (κ1) is 13.0. The first-order valence-corrected chi connectivity index (χ1v) is 4.70. The molecule has 0 radical (unpaired) electrons. The lowest BCUT2D eigenvalue weighted by atomic mass is 10.3. The number of carbonyl (C=O) groups excluding carboxylic acids is 1. The molecule has 1 aromatic rings. The van der Waals surface area contributed by atoms with Crippen molar-refractivity contribution >= 4 is 11.5 Å². The van der Waals surface area contributed by atoms with Crippen molar-refractivity contribution in [2.45, 2.75) is 13.8 Å². The van der Waals surface area contributed by atoms with E-state index in [-0.39, 0.29) is 17.1 Å².